The van der Waals surface area contributed by atoms with Crippen molar-refractivity contribution >= 4 is 11.6 Å². The number of rotatable bonds is 1. The number of azide groups is 1. The molecule has 0 saturated heterocycles. The molecule has 1 atom stereocenters. The Balaban J connectivity index is 2.52. The quantitative estimate of drug-likeness (QED) is 0.394. The molecule has 2 rings (SSSR count). The number of hydrogen-bond donors (Lipinski definition) is 1. The molecule has 1 aromatic rings. The van der Waals surface area contributed by atoms with Crippen LogP contribution in [-0.2, 0) is 4.79 Å². The molecule has 0 aromatic heterocycles. The van der Waals surface area contributed by atoms with Gasteiger partial charge in [-0.15, -0.1) is 0 Å². The number of nitrogens with zero attached hydrogens (tertiary/aromatic N) is 3. The van der Waals surface area contributed by atoms with Crippen LogP contribution < -0.4 is 5.32 Å². The van der Waals surface area contributed by atoms with Crippen molar-refractivity contribution in [3.63, 3.8) is 0 Å². The predicted molar refractivity (Wildman–Crippen MR) is 47.0 cm³/mol. The first kappa shape index (κ1) is 7.64. The summed E-state index contributed by atoms with van der Waals surface area (Å²) in [7, 11) is 0. The van der Waals surface area contributed by atoms with Crippen molar-refractivity contribution < 1.29 is 4.79 Å². The van der Waals surface area contributed by atoms with E-state index in [-0.39, 0.29) is 5.91 Å². The highest BCUT2D eigenvalue weighted by molar-refractivity contribution is 6.02. The number of benzene rings is 1. The molecule has 1 aliphatic heterocycles. The molecular formula is C8H6N4O. The molecule has 0 bridgehead atoms. The van der Waals surface area contributed by atoms with Crippen molar-refractivity contribution in [2.75, 3.05) is 5.32 Å². The Morgan fingerprint density at radius 3 is 3.00 bits per heavy atom. The minimum atomic E-state index is -0.707. The maximum Gasteiger partial charge on any atom is 0.237 e. The number of carbonyl (C=O) groups excluding carboxylic acids is 1. The highest BCUT2D eigenvalue weighted by Crippen LogP contribution is 2.32. The minimum Gasteiger partial charge on any atom is -0.325 e. The smallest absolute Gasteiger partial charge is 0.237 e. The first-order valence-electron chi connectivity index (χ1n) is 3.77. The van der Waals surface area contributed by atoms with Crippen molar-refractivity contribution in [2.24, 2.45) is 5.11 Å². The number of anilines is 1. The maximum atomic E-state index is 11.2. The Morgan fingerprint density at radius 2 is 2.23 bits per heavy atom. The van der Waals surface area contributed by atoms with Crippen LogP contribution in [0.25, 0.3) is 10.4 Å². The minimum absolute atomic E-state index is 0.265. The molecule has 0 radical (unpaired) electrons. The summed E-state index contributed by atoms with van der Waals surface area (Å²) in [5.74, 6) is -0.265. The van der Waals surface area contributed by atoms with E-state index in [9.17, 15) is 4.79 Å². The summed E-state index contributed by atoms with van der Waals surface area (Å²) in [5, 5.41) is 6.04. The van der Waals surface area contributed by atoms with E-state index < -0.39 is 6.04 Å². The summed E-state index contributed by atoms with van der Waals surface area (Å²) in [6, 6.07) is 6.46. The van der Waals surface area contributed by atoms with Crippen LogP contribution in [0.15, 0.2) is 29.4 Å². The van der Waals surface area contributed by atoms with Gasteiger partial charge in [0, 0.05) is 10.6 Å². The van der Waals surface area contributed by atoms with Gasteiger partial charge < -0.3 is 5.32 Å². The lowest BCUT2D eigenvalue weighted by Gasteiger charge is -1.97. The van der Waals surface area contributed by atoms with Crippen molar-refractivity contribution in [3.05, 3.63) is 40.3 Å². The SMILES string of the molecule is [N-]=[N+]=NC1C(=O)Nc2ccccc21. The van der Waals surface area contributed by atoms with Crippen LogP contribution in [0.5, 0.6) is 0 Å². The van der Waals surface area contributed by atoms with Gasteiger partial charge in [-0.2, -0.15) is 0 Å². The van der Waals surface area contributed by atoms with E-state index in [0.717, 1.165) is 11.3 Å². The molecule has 1 aromatic carbocycles. The highest BCUT2D eigenvalue weighted by Gasteiger charge is 2.28. The third-order valence-corrected chi connectivity index (χ3v) is 1.93. The summed E-state index contributed by atoms with van der Waals surface area (Å²) < 4.78 is 0. The van der Waals surface area contributed by atoms with E-state index >= 15 is 0 Å². The molecule has 1 amide bonds. The Bertz CT molecular complexity index is 408. The lowest BCUT2D eigenvalue weighted by atomic mass is 10.1. The molecule has 64 valence electrons. The fraction of sp³-hybridized carbons (Fsp3) is 0.125. The molecule has 5 heteroatoms. The van der Waals surface area contributed by atoms with Crippen molar-refractivity contribution in [3.8, 4) is 0 Å². The summed E-state index contributed by atoms with van der Waals surface area (Å²) in [6.45, 7) is 0. The number of carbonyl (C=O) groups is 1. The van der Waals surface area contributed by atoms with E-state index in [2.05, 4.69) is 15.3 Å². The first-order chi connectivity index (χ1) is 6.33. The van der Waals surface area contributed by atoms with Crippen molar-refractivity contribution in [1.29, 1.82) is 0 Å². The summed E-state index contributed by atoms with van der Waals surface area (Å²) >= 11 is 0. The van der Waals surface area contributed by atoms with Gasteiger partial charge in [0.2, 0.25) is 5.91 Å². The van der Waals surface area contributed by atoms with Gasteiger partial charge in [0.25, 0.3) is 0 Å². The van der Waals surface area contributed by atoms with Gasteiger partial charge in [-0.3, -0.25) is 4.79 Å². The van der Waals surface area contributed by atoms with Crippen LogP contribution in [0.3, 0.4) is 0 Å². The zero-order chi connectivity index (χ0) is 9.26. The van der Waals surface area contributed by atoms with Gasteiger partial charge in [0.05, 0.1) is 0 Å². The molecule has 13 heavy (non-hydrogen) atoms. The second-order valence-electron chi connectivity index (χ2n) is 2.68. The Kier molecular flexibility index (Phi) is 1.65. The van der Waals surface area contributed by atoms with E-state index in [0.29, 0.717) is 0 Å². The molecule has 5 nitrogen and oxygen atoms in total. The van der Waals surface area contributed by atoms with Gasteiger partial charge in [0.1, 0.15) is 6.04 Å². The molecular weight excluding hydrogens is 168 g/mol. The second-order valence-corrected chi connectivity index (χ2v) is 2.68. The lowest BCUT2D eigenvalue weighted by Crippen LogP contribution is -2.09. The van der Waals surface area contributed by atoms with Crippen molar-refractivity contribution in [1.82, 2.24) is 0 Å². The molecule has 1 heterocycles. The van der Waals surface area contributed by atoms with Gasteiger partial charge in [-0.25, -0.2) is 0 Å². The standard InChI is InChI=1S/C8H6N4O/c9-12-11-7-5-3-1-2-4-6(5)10-8(7)13/h1-4,7H,(H,10,13). The molecule has 0 spiro atoms. The average molecular weight is 174 g/mol. The third kappa shape index (κ3) is 1.11. The van der Waals surface area contributed by atoms with E-state index in [1.807, 2.05) is 6.07 Å². The molecule has 1 unspecified atom stereocenters. The van der Waals surface area contributed by atoms with Crippen LogP contribution in [0.2, 0.25) is 0 Å². The monoisotopic (exact) mass is 174 g/mol. The summed E-state index contributed by atoms with van der Waals surface area (Å²) in [4.78, 5) is 13.9. The second kappa shape index (κ2) is 2.80. The first-order valence-corrected chi connectivity index (χ1v) is 3.77. The number of nitrogens with one attached hydrogen (secondary N) is 1. The fourth-order valence-corrected chi connectivity index (χ4v) is 1.36. The van der Waals surface area contributed by atoms with Crippen LogP contribution in [0.1, 0.15) is 11.6 Å². The zero-order valence-corrected chi connectivity index (χ0v) is 6.64. The predicted octanol–water partition coefficient (Wildman–Crippen LogP) is 1.99. The summed E-state index contributed by atoms with van der Waals surface area (Å²) in [6.07, 6.45) is 0. The maximum absolute atomic E-state index is 11.2. The van der Waals surface area contributed by atoms with Crippen LogP contribution in [-0.4, -0.2) is 5.91 Å². The fourth-order valence-electron chi connectivity index (χ4n) is 1.36. The number of hydrogen-bond acceptors (Lipinski definition) is 2. The Labute approximate surface area is 74.0 Å². The van der Waals surface area contributed by atoms with E-state index in [1.165, 1.54) is 0 Å². The molecule has 0 saturated carbocycles. The zero-order valence-electron chi connectivity index (χ0n) is 6.64. The van der Waals surface area contributed by atoms with E-state index in [4.69, 9.17) is 5.53 Å². The van der Waals surface area contributed by atoms with Gasteiger partial charge >= 0.3 is 0 Å². The van der Waals surface area contributed by atoms with Gasteiger partial charge in [-0.1, -0.05) is 23.3 Å². The Morgan fingerprint density at radius 1 is 1.46 bits per heavy atom. The van der Waals surface area contributed by atoms with E-state index in [1.54, 1.807) is 18.2 Å². The highest BCUT2D eigenvalue weighted by atomic mass is 16.2. The largest absolute Gasteiger partial charge is 0.325 e. The molecule has 1 aliphatic rings. The van der Waals surface area contributed by atoms with Crippen LogP contribution in [0.4, 0.5) is 5.69 Å². The third-order valence-electron chi connectivity index (χ3n) is 1.93. The molecule has 1 N–H and O–H groups in total. The number of para-hydroxylation sites is 1. The van der Waals surface area contributed by atoms with Gasteiger partial charge in [0.15, 0.2) is 0 Å². The van der Waals surface area contributed by atoms with Crippen LogP contribution in [0, 0.1) is 0 Å². The van der Waals surface area contributed by atoms with Gasteiger partial charge in [-0.05, 0) is 17.2 Å². The van der Waals surface area contributed by atoms with Crippen LogP contribution >= 0.6 is 0 Å². The van der Waals surface area contributed by atoms with Crippen molar-refractivity contribution in [2.45, 2.75) is 6.04 Å². The lowest BCUT2D eigenvalue weighted by molar-refractivity contribution is -0.116. The number of amides is 1. The molecule has 0 fully saturated rings. The summed E-state index contributed by atoms with van der Waals surface area (Å²) in [5.41, 5.74) is 9.72. The Hall–Kier alpha value is -2.00. The number of fused-ring (bicyclic) bond motifs is 1. The molecule has 0 aliphatic carbocycles. The average Bonchev–Trinajstić information content (AvgIpc) is 2.44. The topological polar surface area (TPSA) is 77.9 Å². The normalized spacial score (nSPS) is 18.8.